The summed E-state index contributed by atoms with van der Waals surface area (Å²) < 4.78 is 113. The number of methoxy groups -OCH3 is 1. The number of hydrogen-bond donors (Lipinski definition) is 2. The molecular weight excluding hydrogens is 458 g/mol. The van der Waals surface area contributed by atoms with Crippen molar-refractivity contribution in [3.8, 4) is 5.75 Å². The SMILES string of the molecule is COC(=O)C(Nc1ccc(OC(F)(F)F)cc1)(NS(=O)(=O)c1ccccc1)C(F)(F)F. The van der Waals surface area contributed by atoms with Gasteiger partial charge in [0.05, 0.1) is 12.0 Å². The van der Waals surface area contributed by atoms with E-state index in [1.165, 1.54) is 22.9 Å². The molecule has 2 aromatic rings. The van der Waals surface area contributed by atoms with Crippen LogP contribution in [0, 0.1) is 0 Å². The van der Waals surface area contributed by atoms with Crippen LogP contribution in [-0.2, 0) is 19.6 Å². The molecule has 0 spiro atoms. The van der Waals surface area contributed by atoms with Gasteiger partial charge in [-0.2, -0.15) is 17.9 Å². The molecule has 14 heteroatoms. The number of ether oxygens (including phenoxy) is 2. The number of alkyl halides is 6. The van der Waals surface area contributed by atoms with Crippen LogP contribution in [0.3, 0.4) is 0 Å². The van der Waals surface area contributed by atoms with Crippen LogP contribution in [0.4, 0.5) is 32.0 Å². The van der Waals surface area contributed by atoms with Gasteiger partial charge in [-0.25, -0.2) is 13.2 Å². The van der Waals surface area contributed by atoms with Crippen molar-refractivity contribution in [3.63, 3.8) is 0 Å². The average Bonchev–Trinajstić information content (AvgIpc) is 2.66. The maximum Gasteiger partial charge on any atom is 0.573 e. The number of halogens is 6. The fraction of sp³-hybridized carbons (Fsp3) is 0.235. The van der Waals surface area contributed by atoms with Gasteiger partial charge in [0, 0.05) is 5.69 Å². The molecule has 0 aliphatic rings. The molecule has 7 nitrogen and oxygen atoms in total. The molecule has 2 rings (SSSR count). The summed E-state index contributed by atoms with van der Waals surface area (Å²) in [5.41, 5.74) is -4.56. The van der Waals surface area contributed by atoms with Gasteiger partial charge >= 0.3 is 18.5 Å². The maximum absolute atomic E-state index is 14.0. The van der Waals surface area contributed by atoms with Gasteiger partial charge in [0.25, 0.3) is 5.66 Å². The van der Waals surface area contributed by atoms with Crippen LogP contribution in [0.2, 0.25) is 0 Å². The normalized spacial score (nSPS) is 14.4. The van der Waals surface area contributed by atoms with E-state index in [9.17, 15) is 39.6 Å². The van der Waals surface area contributed by atoms with E-state index in [1.807, 2.05) is 0 Å². The Morgan fingerprint density at radius 2 is 1.45 bits per heavy atom. The first-order valence-electron chi connectivity index (χ1n) is 8.08. The highest BCUT2D eigenvalue weighted by atomic mass is 32.2. The Hall–Kier alpha value is -3.00. The standard InChI is InChI=1S/C17H14F6N2O5S/c1-29-14(26)15(16(18,19)20,25-31(27,28)13-5-3-2-4-6-13)24-11-7-9-12(10-8-11)30-17(21,22)23/h2-10,24-25H,1H3. The van der Waals surface area contributed by atoms with Gasteiger partial charge in [0.1, 0.15) is 5.75 Å². The topological polar surface area (TPSA) is 93.7 Å². The molecule has 0 saturated carbocycles. The van der Waals surface area contributed by atoms with Crippen molar-refractivity contribution in [1.29, 1.82) is 0 Å². The average molecular weight is 472 g/mol. The Labute approximate surface area is 172 Å². The largest absolute Gasteiger partial charge is 0.573 e. The van der Waals surface area contributed by atoms with E-state index in [2.05, 4.69) is 9.47 Å². The number of esters is 1. The summed E-state index contributed by atoms with van der Waals surface area (Å²) in [5, 5.41) is 1.67. The van der Waals surface area contributed by atoms with Gasteiger partial charge in [0.2, 0.25) is 10.0 Å². The van der Waals surface area contributed by atoms with Gasteiger partial charge in [-0.15, -0.1) is 13.2 Å². The van der Waals surface area contributed by atoms with Crippen LogP contribution in [0.15, 0.2) is 59.5 Å². The van der Waals surface area contributed by atoms with Crippen molar-refractivity contribution in [2.24, 2.45) is 0 Å². The minimum atomic E-state index is -5.58. The minimum Gasteiger partial charge on any atom is -0.466 e. The molecule has 0 bridgehead atoms. The summed E-state index contributed by atoms with van der Waals surface area (Å²) >= 11 is 0. The molecule has 2 N–H and O–H groups in total. The lowest BCUT2D eigenvalue weighted by Crippen LogP contribution is -2.69. The number of rotatable bonds is 7. The minimum absolute atomic E-state index is 0.562. The highest BCUT2D eigenvalue weighted by Gasteiger charge is 2.64. The third kappa shape index (κ3) is 5.79. The quantitative estimate of drug-likeness (QED) is 0.365. The molecule has 0 fully saturated rings. The zero-order valence-electron chi connectivity index (χ0n) is 15.4. The van der Waals surface area contributed by atoms with Crippen LogP contribution in [-0.4, -0.2) is 39.7 Å². The first-order valence-corrected chi connectivity index (χ1v) is 9.57. The Kier molecular flexibility index (Phi) is 6.75. The van der Waals surface area contributed by atoms with E-state index in [0.717, 1.165) is 24.3 Å². The first kappa shape index (κ1) is 24.3. The number of carbonyl (C=O) groups is 1. The third-order valence-corrected chi connectivity index (χ3v) is 5.15. The van der Waals surface area contributed by atoms with E-state index in [-0.39, 0.29) is 0 Å². The number of hydrogen-bond acceptors (Lipinski definition) is 6. The Bertz CT molecular complexity index is 1010. The Morgan fingerprint density at radius 1 is 0.903 bits per heavy atom. The lowest BCUT2D eigenvalue weighted by atomic mass is 10.1. The van der Waals surface area contributed by atoms with Crippen molar-refractivity contribution in [2.45, 2.75) is 23.1 Å². The van der Waals surface area contributed by atoms with Crippen molar-refractivity contribution >= 4 is 21.7 Å². The Morgan fingerprint density at radius 3 is 1.90 bits per heavy atom. The van der Waals surface area contributed by atoms with Crippen LogP contribution in [0.25, 0.3) is 0 Å². The van der Waals surface area contributed by atoms with E-state index >= 15 is 0 Å². The number of anilines is 1. The van der Waals surface area contributed by atoms with E-state index in [1.54, 1.807) is 5.32 Å². The monoisotopic (exact) mass is 472 g/mol. The van der Waals surface area contributed by atoms with Gasteiger partial charge in [-0.05, 0) is 36.4 Å². The zero-order valence-corrected chi connectivity index (χ0v) is 16.2. The molecule has 1 atom stereocenters. The molecular formula is C17H14F6N2O5S. The fourth-order valence-corrected chi connectivity index (χ4v) is 3.62. The molecule has 0 heterocycles. The molecule has 170 valence electrons. The number of benzene rings is 2. The molecule has 0 radical (unpaired) electrons. The second-order valence-electron chi connectivity index (χ2n) is 5.86. The van der Waals surface area contributed by atoms with Crippen molar-refractivity contribution in [2.75, 3.05) is 12.4 Å². The number of carbonyl (C=O) groups excluding carboxylic acids is 1. The van der Waals surface area contributed by atoms with Crippen LogP contribution in [0.5, 0.6) is 5.75 Å². The maximum atomic E-state index is 14.0. The molecule has 2 aromatic carbocycles. The van der Waals surface area contributed by atoms with Gasteiger partial charge in [-0.1, -0.05) is 18.2 Å². The molecule has 0 aromatic heterocycles. The highest BCUT2D eigenvalue weighted by molar-refractivity contribution is 7.89. The highest BCUT2D eigenvalue weighted by Crippen LogP contribution is 2.35. The molecule has 1 unspecified atom stereocenters. The molecule has 31 heavy (non-hydrogen) atoms. The first-order chi connectivity index (χ1) is 14.2. The molecule has 0 saturated heterocycles. The van der Waals surface area contributed by atoms with Gasteiger partial charge in [-0.3, -0.25) is 0 Å². The molecule has 0 aliphatic heterocycles. The van der Waals surface area contributed by atoms with Gasteiger partial charge in [0.15, 0.2) is 0 Å². The summed E-state index contributed by atoms with van der Waals surface area (Å²) in [6.07, 6.45) is -10.6. The lowest BCUT2D eigenvalue weighted by Gasteiger charge is -2.34. The van der Waals surface area contributed by atoms with Gasteiger partial charge < -0.3 is 14.8 Å². The smallest absolute Gasteiger partial charge is 0.466 e. The van der Waals surface area contributed by atoms with Crippen LogP contribution < -0.4 is 14.8 Å². The second-order valence-corrected chi connectivity index (χ2v) is 7.54. The Balaban J connectivity index is 2.49. The predicted octanol–water partition coefficient (Wildman–Crippen LogP) is 3.41. The van der Waals surface area contributed by atoms with Crippen molar-refractivity contribution in [3.05, 3.63) is 54.6 Å². The summed E-state index contributed by atoms with van der Waals surface area (Å²) in [5.74, 6) is -2.81. The van der Waals surface area contributed by atoms with Crippen LogP contribution >= 0.6 is 0 Å². The zero-order chi connectivity index (χ0) is 23.5. The third-order valence-electron chi connectivity index (χ3n) is 3.68. The van der Waals surface area contributed by atoms with Crippen molar-refractivity contribution < 1.29 is 49.0 Å². The molecule has 0 aliphatic carbocycles. The summed E-state index contributed by atoms with van der Waals surface area (Å²) in [7, 11) is -4.32. The summed E-state index contributed by atoms with van der Waals surface area (Å²) in [6, 6.07) is 8.67. The summed E-state index contributed by atoms with van der Waals surface area (Å²) in [4.78, 5) is 11.6. The number of sulfonamides is 1. The molecule has 0 amide bonds. The van der Waals surface area contributed by atoms with E-state index < -0.39 is 50.5 Å². The summed E-state index contributed by atoms with van der Waals surface area (Å²) in [6.45, 7) is 0. The van der Waals surface area contributed by atoms with Crippen LogP contribution in [0.1, 0.15) is 0 Å². The second kappa shape index (κ2) is 8.63. The van der Waals surface area contributed by atoms with Crippen molar-refractivity contribution in [1.82, 2.24) is 4.72 Å². The fourth-order valence-electron chi connectivity index (χ4n) is 2.33. The predicted molar refractivity (Wildman–Crippen MR) is 94.3 cm³/mol. The van der Waals surface area contributed by atoms with E-state index in [0.29, 0.717) is 19.2 Å². The van der Waals surface area contributed by atoms with E-state index in [4.69, 9.17) is 0 Å². The lowest BCUT2D eigenvalue weighted by molar-refractivity contribution is -0.274. The number of nitrogens with one attached hydrogen (secondary N) is 2.